The number of likely N-dealkylation sites (N-methyl/N-ethyl adjacent to an activating group) is 1. The normalized spacial score (nSPS) is 14.3. The van der Waals surface area contributed by atoms with E-state index < -0.39 is 32.5 Å². The van der Waals surface area contributed by atoms with Gasteiger partial charge in [-0.2, -0.15) is 0 Å². The average molecular weight is 1010 g/mol. The molecule has 0 aromatic heterocycles. The van der Waals surface area contributed by atoms with Crippen LogP contribution in [0.4, 0.5) is 0 Å². The first-order valence-corrected chi connectivity index (χ1v) is 29.2. The van der Waals surface area contributed by atoms with E-state index in [1.54, 1.807) is 0 Å². The maximum absolute atomic E-state index is 12.7. The molecule has 0 N–H and O–H groups in total. The number of phosphoric ester groups is 1. The van der Waals surface area contributed by atoms with Crippen molar-refractivity contribution in [2.75, 3.05) is 47.5 Å². The molecule has 71 heavy (non-hydrogen) atoms. The van der Waals surface area contributed by atoms with Gasteiger partial charge < -0.3 is 27.9 Å². The topological polar surface area (TPSA) is 111 Å². The lowest BCUT2D eigenvalue weighted by molar-refractivity contribution is -0.870. The summed E-state index contributed by atoms with van der Waals surface area (Å²) in [5, 5.41) is 0. The van der Waals surface area contributed by atoms with Crippen LogP contribution in [0, 0.1) is 0 Å². The highest BCUT2D eigenvalue weighted by Gasteiger charge is 2.21. The molecule has 404 valence electrons. The molecule has 0 aromatic carbocycles. The van der Waals surface area contributed by atoms with E-state index in [9.17, 15) is 19.0 Å². The highest BCUT2D eigenvalue weighted by atomic mass is 31.2. The number of unbranched alkanes of at least 4 members (excludes halogenated alkanes) is 15. The van der Waals surface area contributed by atoms with Gasteiger partial charge in [0.25, 0.3) is 7.82 Å². The Balaban J connectivity index is 4.06. The van der Waals surface area contributed by atoms with E-state index in [-0.39, 0.29) is 26.1 Å². The molecule has 0 bridgehead atoms. The zero-order valence-electron chi connectivity index (χ0n) is 45.6. The van der Waals surface area contributed by atoms with Gasteiger partial charge in [0.2, 0.25) is 0 Å². The summed E-state index contributed by atoms with van der Waals surface area (Å²) in [6.07, 6.45) is 72.7. The standard InChI is InChI=1S/C61H102NO8P/c1-6-8-10-12-14-16-17-18-19-20-21-22-23-24-25-26-27-28-29-30-31-32-33-34-35-36-37-38-39-40-41-42-43-44-45-46-48-50-52-54-61(64)70-59(58-69-71(65,66)68-56-55-62(3,4)5)57-67-60(63)53-51-49-47-15-13-11-9-7-2/h8,10,14,16,18-19,21-22,24-25,27-28,30-31,33-34,36-37,39-40,59H,6-7,9,11-13,15,17,20,23,26,29,32,35,38,41-58H2,1-5H3/b10-8-,16-14-,19-18-,22-21-,25-24-,28-27-,31-30-,34-33-,37-36-,40-39-. The fourth-order valence-electron chi connectivity index (χ4n) is 6.98. The van der Waals surface area contributed by atoms with Crippen molar-refractivity contribution in [1.82, 2.24) is 0 Å². The van der Waals surface area contributed by atoms with E-state index in [4.69, 9.17) is 18.5 Å². The fourth-order valence-corrected chi connectivity index (χ4v) is 7.70. The second-order valence-corrected chi connectivity index (χ2v) is 20.6. The maximum Gasteiger partial charge on any atom is 0.306 e. The Kier molecular flexibility index (Phi) is 48.7. The van der Waals surface area contributed by atoms with Crippen LogP contribution in [0.2, 0.25) is 0 Å². The third-order valence-corrected chi connectivity index (χ3v) is 12.2. The van der Waals surface area contributed by atoms with Crippen LogP contribution in [0.3, 0.4) is 0 Å². The summed E-state index contributed by atoms with van der Waals surface area (Å²) in [5.74, 6) is -0.855. The molecule has 2 atom stereocenters. The Labute approximate surface area is 435 Å². The van der Waals surface area contributed by atoms with E-state index in [2.05, 4.69) is 135 Å². The van der Waals surface area contributed by atoms with E-state index in [0.29, 0.717) is 17.4 Å². The number of ether oxygens (including phenoxy) is 2. The molecule has 0 spiro atoms. The molecule has 9 nitrogen and oxygen atoms in total. The first-order chi connectivity index (χ1) is 34.5. The first kappa shape index (κ1) is 67.4. The Morgan fingerprint density at radius 1 is 0.451 bits per heavy atom. The molecule has 2 unspecified atom stereocenters. The smallest absolute Gasteiger partial charge is 0.306 e. The molecule has 0 aliphatic rings. The number of esters is 2. The van der Waals surface area contributed by atoms with Gasteiger partial charge in [-0.3, -0.25) is 14.2 Å². The van der Waals surface area contributed by atoms with Gasteiger partial charge in [0.1, 0.15) is 19.8 Å². The van der Waals surface area contributed by atoms with E-state index in [0.717, 1.165) is 109 Å². The number of quaternary nitrogens is 1. The quantitative estimate of drug-likeness (QED) is 0.0195. The second kappa shape index (κ2) is 51.3. The number of nitrogens with zero attached hydrogens (tertiary/aromatic N) is 1. The molecule has 0 fully saturated rings. The van der Waals surface area contributed by atoms with Crippen LogP contribution >= 0.6 is 7.82 Å². The van der Waals surface area contributed by atoms with Crippen molar-refractivity contribution in [3.05, 3.63) is 122 Å². The van der Waals surface area contributed by atoms with E-state index in [1.165, 1.54) is 57.8 Å². The van der Waals surface area contributed by atoms with Crippen LogP contribution in [-0.4, -0.2) is 70.0 Å². The minimum atomic E-state index is -4.63. The summed E-state index contributed by atoms with van der Waals surface area (Å²) in [7, 11) is 1.15. The van der Waals surface area contributed by atoms with Crippen molar-refractivity contribution in [2.24, 2.45) is 0 Å². The van der Waals surface area contributed by atoms with Crippen molar-refractivity contribution in [1.29, 1.82) is 0 Å². The van der Waals surface area contributed by atoms with Gasteiger partial charge >= 0.3 is 11.9 Å². The molecule has 10 heteroatoms. The number of carbonyl (C=O) groups excluding carboxylic acids is 2. The van der Waals surface area contributed by atoms with E-state index >= 15 is 0 Å². The van der Waals surface area contributed by atoms with Crippen LogP contribution in [0.5, 0.6) is 0 Å². The average Bonchev–Trinajstić information content (AvgIpc) is 3.33. The number of rotatable bonds is 49. The second-order valence-electron chi connectivity index (χ2n) is 19.2. The van der Waals surface area contributed by atoms with Crippen LogP contribution < -0.4 is 4.89 Å². The van der Waals surface area contributed by atoms with Crippen LogP contribution in [0.25, 0.3) is 0 Å². The maximum atomic E-state index is 12.7. The SMILES string of the molecule is CC/C=C\C/C=C\C/C=C\C/C=C\C/C=C\C/C=C\C/C=C\C/C=C\C/C=C\C/C=C\CCCCCCCCCCC(=O)OC(COC(=O)CCCCCCCCCC)COP(=O)([O-])OCC[N+](C)(C)C. The lowest BCUT2D eigenvalue weighted by Gasteiger charge is -2.28. The van der Waals surface area contributed by atoms with Gasteiger partial charge in [-0.1, -0.05) is 219 Å². The van der Waals surface area contributed by atoms with Gasteiger partial charge in [-0.25, -0.2) is 0 Å². The molecule has 0 amide bonds. The van der Waals surface area contributed by atoms with Crippen molar-refractivity contribution in [3.8, 4) is 0 Å². The van der Waals surface area contributed by atoms with E-state index in [1.807, 2.05) is 21.1 Å². The molecule has 0 saturated carbocycles. The minimum absolute atomic E-state index is 0.0372. The lowest BCUT2D eigenvalue weighted by Crippen LogP contribution is -2.37. The Morgan fingerprint density at radius 2 is 0.803 bits per heavy atom. The lowest BCUT2D eigenvalue weighted by atomic mass is 10.1. The molecule has 0 aliphatic carbocycles. The Morgan fingerprint density at radius 3 is 1.20 bits per heavy atom. The third kappa shape index (κ3) is 55.6. The van der Waals surface area contributed by atoms with Gasteiger partial charge in [0.15, 0.2) is 6.10 Å². The van der Waals surface area contributed by atoms with Gasteiger partial charge in [-0.05, 0) is 89.9 Å². The fraction of sp³-hybridized carbons (Fsp3) is 0.639. The van der Waals surface area contributed by atoms with Crippen LogP contribution in [0.1, 0.15) is 200 Å². The van der Waals surface area contributed by atoms with Gasteiger partial charge in [0.05, 0.1) is 27.7 Å². The Bertz CT molecular complexity index is 1610. The third-order valence-electron chi connectivity index (χ3n) is 11.2. The first-order valence-electron chi connectivity index (χ1n) is 27.7. The van der Waals surface area contributed by atoms with Crippen molar-refractivity contribution in [2.45, 2.75) is 206 Å². The highest BCUT2D eigenvalue weighted by Crippen LogP contribution is 2.38. The summed E-state index contributed by atoms with van der Waals surface area (Å²) < 4.78 is 33.9. The van der Waals surface area contributed by atoms with Crippen LogP contribution in [0.15, 0.2) is 122 Å². The molecule has 0 rings (SSSR count). The summed E-state index contributed by atoms with van der Waals surface area (Å²) in [4.78, 5) is 37.5. The number of hydrogen-bond donors (Lipinski definition) is 0. The number of phosphoric acid groups is 1. The molecule has 0 radical (unpaired) electrons. The largest absolute Gasteiger partial charge is 0.756 e. The van der Waals surface area contributed by atoms with Crippen molar-refractivity contribution < 1.29 is 42.1 Å². The summed E-state index contributed by atoms with van der Waals surface area (Å²) in [5.41, 5.74) is 0. The highest BCUT2D eigenvalue weighted by molar-refractivity contribution is 7.45. The number of hydrogen-bond acceptors (Lipinski definition) is 8. The monoisotopic (exact) mass is 1010 g/mol. The molecule has 0 aliphatic heterocycles. The molecule has 0 heterocycles. The summed E-state index contributed by atoms with van der Waals surface area (Å²) >= 11 is 0. The van der Waals surface area contributed by atoms with Crippen LogP contribution in [-0.2, 0) is 32.7 Å². The van der Waals surface area contributed by atoms with Crippen molar-refractivity contribution >= 4 is 19.8 Å². The molecule has 0 aromatic rings. The predicted molar refractivity (Wildman–Crippen MR) is 300 cm³/mol. The molecular formula is C61H102NO8P. The number of carbonyl (C=O) groups is 2. The summed E-state index contributed by atoms with van der Waals surface area (Å²) in [6, 6.07) is 0. The Hall–Kier alpha value is -3.59. The summed E-state index contributed by atoms with van der Waals surface area (Å²) in [6.45, 7) is 4.05. The van der Waals surface area contributed by atoms with Gasteiger partial charge in [0, 0.05) is 12.8 Å². The molecular weight excluding hydrogens is 906 g/mol. The zero-order chi connectivity index (χ0) is 52.0. The molecule has 0 saturated heterocycles. The zero-order valence-corrected chi connectivity index (χ0v) is 46.5. The minimum Gasteiger partial charge on any atom is -0.756 e. The predicted octanol–water partition coefficient (Wildman–Crippen LogP) is 16.6. The number of allylic oxidation sites excluding steroid dienone is 20. The van der Waals surface area contributed by atoms with Crippen molar-refractivity contribution in [3.63, 3.8) is 0 Å². The van der Waals surface area contributed by atoms with Gasteiger partial charge in [-0.15, -0.1) is 0 Å².